The van der Waals surface area contributed by atoms with Gasteiger partial charge >= 0.3 is 0 Å². The summed E-state index contributed by atoms with van der Waals surface area (Å²) < 4.78 is 0. The molecule has 0 amide bonds. The molecule has 4 heterocycles. The number of rotatable bonds is 15. The highest BCUT2D eigenvalue weighted by atomic mass is 15.2. The van der Waals surface area contributed by atoms with E-state index in [9.17, 15) is 0 Å². The summed E-state index contributed by atoms with van der Waals surface area (Å²) in [6, 6.07) is 128. The van der Waals surface area contributed by atoms with E-state index in [2.05, 4.69) is 459 Å². The molecular formula is C110H100B2N6. The van der Waals surface area contributed by atoms with Crippen LogP contribution in [0.5, 0.6) is 0 Å². The highest BCUT2D eigenvalue weighted by molar-refractivity contribution is 7.01. The first-order chi connectivity index (χ1) is 57.4. The molecule has 0 spiro atoms. The summed E-state index contributed by atoms with van der Waals surface area (Å²) in [6.45, 7) is 29.6. The van der Waals surface area contributed by atoms with Gasteiger partial charge in [0.25, 0.3) is 13.4 Å². The normalized spacial score (nSPS) is 12.9. The maximum atomic E-state index is 2.57. The molecule has 16 aromatic carbocycles. The van der Waals surface area contributed by atoms with Gasteiger partial charge in [0.2, 0.25) is 0 Å². The molecule has 6 nitrogen and oxygen atoms in total. The van der Waals surface area contributed by atoms with E-state index in [1.807, 2.05) is 0 Å². The largest absolute Gasteiger partial charge is 0.311 e. The molecule has 0 saturated heterocycles. The van der Waals surface area contributed by atoms with Crippen LogP contribution in [0.15, 0.2) is 340 Å². The van der Waals surface area contributed by atoms with Crippen LogP contribution in [0.4, 0.5) is 102 Å². The Hall–Kier alpha value is -13.0. The van der Waals surface area contributed by atoms with Crippen molar-refractivity contribution in [2.45, 2.75) is 120 Å². The monoisotopic (exact) mass is 1530 g/mol. The number of hydrogen-bond donors (Lipinski definition) is 0. The number of hydrogen-bond acceptors (Lipinski definition) is 6. The van der Waals surface area contributed by atoms with Crippen molar-refractivity contribution in [2.75, 3.05) is 29.4 Å². The van der Waals surface area contributed by atoms with Gasteiger partial charge in [-0.3, -0.25) is 0 Å². The van der Waals surface area contributed by atoms with E-state index in [4.69, 9.17) is 0 Å². The second-order valence-electron chi connectivity index (χ2n) is 34.6. The standard InChI is InChI=1S/C61H62BN3.C49H38BN3/c1-38(2)43-15-24-50(25-16-43)63(51-26-17-44(18-27-51)39(3)4)54-36-59-61-60(37-54)65(53-30-21-46-13-11-12-14-49(46)33-53)58-32-23-48(42(9)10)35-56(58)62(61)55-34-47(41(7)8)22-31-57(55)64(59)52-28-19-45(20-29-52)40(5)6;1-33-18-23-40(24-19-33)52-45-26-20-34(2)28-43(45)50-44-29-35(3)21-27-46(44)53(41-25-22-36-12-10-11-13-37(36)30-41)48-32-42(31-47(52)49(48)50)51(38-14-6-4-7-15-38)39-16-8-5-9-17-39/h11-42H,1-10H3;4-32H,1-3H3. The van der Waals surface area contributed by atoms with Crippen molar-refractivity contribution in [2.24, 2.45) is 0 Å². The van der Waals surface area contributed by atoms with Gasteiger partial charge < -0.3 is 29.4 Å². The number of anilines is 18. The Labute approximate surface area is 698 Å². The van der Waals surface area contributed by atoms with Crippen LogP contribution in [-0.4, -0.2) is 13.4 Å². The van der Waals surface area contributed by atoms with Gasteiger partial charge in [-0.1, -0.05) is 280 Å². The molecule has 8 heteroatoms. The highest BCUT2D eigenvalue weighted by Gasteiger charge is 2.47. The first-order valence-corrected chi connectivity index (χ1v) is 42.5. The predicted molar refractivity (Wildman–Crippen MR) is 510 cm³/mol. The fourth-order valence-electron chi connectivity index (χ4n) is 18.7. The zero-order valence-electron chi connectivity index (χ0n) is 70.1. The summed E-state index contributed by atoms with van der Waals surface area (Å²) in [6.07, 6.45) is 0. The Morgan fingerprint density at radius 2 is 0.475 bits per heavy atom. The van der Waals surface area contributed by atoms with E-state index in [0.29, 0.717) is 29.6 Å². The third-order valence-electron chi connectivity index (χ3n) is 25.1. The minimum Gasteiger partial charge on any atom is -0.311 e. The van der Waals surface area contributed by atoms with Gasteiger partial charge in [-0.2, -0.15) is 0 Å². The van der Waals surface area contributed by atoms with Crippen LogP contribution in [0.1, 0.15) is 143 Å². The Balaban J connectivity index is 0.000000160. The summed E-state index contributed by atoms with van der Waals surface area (Å²) >= 11 is 0. The van der Waals surface area contributed by atoms with Crippen LogP contribution in [0.3, 0.4) is 0 Å². The van der Waals surface area contributed by atoms with E-state index in [0.717, 1.165) is 51.2 Å². The molecule has 0 bridgehead atoms. The lowest BCUT2D eigenvalue weighted by Crippen LogP contribution is -2.61. The lowest BCUT2D eigenvalue weighted by atomic mass is 9.33. The molecule has 0 aromatic heterocycles. The number of para-hydroxylation sites is 2. The third-order valence-corrected chi connectivity index (χ3v) is 25.1. The summed E-state index contributed by atoms with van der Waals surface area (Å²) in [7, 11) is 0. The quantitative estimate of drug-likeness (QED) is 0.0946. The van der Waals surface area contributed by atoms with Crippen molar-refractivity contribution in [3.63, 3.8) is 0 Å². The second kappa shape index (κ2) is 30.5. The van der Waals surface area contributed by atoms with Crippen LogP contribution in [-0.2, 0) is 0 Å². The van der Waals surface area contributed by atoms with Crippen LogP contribution < -0.4 is 62.2 Å². The summed E-state index contributed by atoms with van der Waals surface area (Å²) in [5.41, 5.74) is 39.6. The van der Waals surface area contributed by atoms with Crippen molar-refractivity contribution in [1.82, 2.24) is 0 Å². The SMILES string of the molecule is CC(C)c1ccc(N(c2ccc(C(C)C)cc2)c2cc3c4c(c2)N(c2ccc5ccccc5c2)c2ccc(C(C)C)cc2B4c2cc(C(C)C)ccc2N3c2ccc(C(C)C)cc2)cc1.Cc1ccc(N2c3ccc(C)cc3B3c4cc(C)ccc4N(c4ccc5ccccc5c4)c4cc(N(c5ccccc5)c5ccccc5)cc2c43)cc1. The molecule has 16 aromatic rings. The number of aryl methyl sites for hydroxylation is 3. The maximum absolute atomic E-state index is 2.57. The average Bonchev–Trinajstić information content (AvgIpc) is 0.700. The topological polar surface area (TPSA) is 19.4 Å². The molecule has 0 aliphatic carbocycles. The minimum atomic E-state index is 0.0171. The highest BCUT2D eigenvalue weighted by Crippen LogP contribution is 2.52. The summed E-state index contributed by atoms with van der Waals surface area (Å²) in [5, 5.41) is 4.93. The zero-order chi connectivity index (χ0) is 80.9. The molecule has 0 atom stereocenters. The van der Waals surface area contributed by atoms with Gasteiger partial charge in [-0.05, 0) is 278 Å². The lowest BCUT2D eigenvalue weighted by Gasteiger charge is -2.45. The average molecular weight is 1530 g/mol. The van der Waals surface area contributed by atoms with Gasteiger partial charge in [0, 0.05) is 91.0 Å². The van der Waals surface area contributed by atoms with Crippen LogP contribution in [0.25, 0.3) is 21.5 Å². The van der Waals surface area contributed by atoms with Crippen LogP contribution >= 0.6 is 0 Å². The van der Waals surface area contributed by atoms with Gasteiger partial charge in [0.1, 0.15) is 0 Å². The molecule has 0 unspecified atom stereocenters. The number of benzene rings is 16. The van der Waals surface area contributed by atoms with Crippen molar-refractivity contribution < 1.29 is 0 Å². The van der Waals surface area contributed by atoms with Gasteiger partial charge in [-0.15, -0.1) is 0 Å². The lowest BCUT2D eigenvalue weighted by molar-refractivity contribution is 0.866. The molecule has 4 aliphatic heterocycles. The van der Waals surface area contributed by atoms with Crippen molar-refractivity contribution in [3.8, 4) is 0 Å². The van der Waals surface area contributed by atoms with E-state index in [1.54, 1.807) is 0 Å². The summed E-state index contributed by atoms with van der Waals surface area (Å²) in [4.78, 5) is 15.0. The first-order valence-electron chi connectivity index (χ1n) is 42.5. The van der Waals surface area contributed by atoms with Crippen LogP contribution in [0, 0.1) is 20.8 Å². The van der Waals surface area contributed by atoms with Crippen molar-refractivity contribution >= 4 is 170 Å². The molecule has 20 rings (SSSR count). The first kappa shape index (κ1) is 75.0. The van der Waals surface area contributed by atoms with Crippen LogP contribution in [0.2, 0.25) is 0 Å². The molecular weight excluding hydrogens is 1430 g/mol. The zero-order valence-corrected chi connectivity index (χ0v) is 70.1. The maximum Gasteiger partial charge on any atom is 0.252 e. The molecule has 0 saturated carbocycles. The molecule has 0 fully saturated rings. The smallest absolute Gasteiger partial charge is 0.252 e. The summed E-state index contributed by atoms with van der Waals surface area (Å²) in [5.74, 6) is 2.08. The number of nitrogens with zero attached hydrogens (tertiary/aromatic N) is 6. The molecule has 576 valence electrons. The predicted octanol–water partition coefficient (Wildman–Crippen LogP) is 27.3. The van der Waals surface area contributed by atoms with E-state index in [-0.39, 0.29) is 13.4 Å². The molecule has 4 aliphatic rings. The number of fused-ring (bicyclic) bond motifs is 10. The second-order valence-corrected chi connectivity index (χ2v) is 34.6. The van der Waals surface area contributed by atoms with E-state index < -0.39 is 0 Å². The molecule has 0 radical (unpaired) electrons. The fraction of sp³-hybridized carbons (Fsp3) is 0.164. The van der Waals surface area contributed by atoms with Gasteiger partial charge in [-0.25, -0.2) is 0 Å². The third kappa shape index (κ3) is 13.4. The van der Waals surface area contributed by atoms with Crippen molar-refractivity contribution in [3.05, 3.63) is 384 Å². The molecule has 118 heavy (non-hydrogen) atoms. The van der Waals surface area contributed by atoms with Gasteiger partial charge in [0.15, 0.2) is 0 Å². The Kier molecular flexibility index (Phi) is 19.4. The van der Waals surface area contributed by atoms with E-state index >= 15 is 0 Å². The van der Waals surface area contributed by atoms with E-state index in [1.165, 1.54) is 150 Å². The fourth-order valence-corrected chi connectivity index (χ4v) is 18.7. The Morgan fingerprint density at radius 3 is 0.831 bits per heavy atom. The Bertz CT molecular complexity index is 6400. The molecule has 0 N–H and O–H groups in total. The van der Waals surface area contributed by atoms with Crippen molar-refractivity contribution in [1.29, 1.82) is 0 Å². The van der Waals surface area contributed by atoms with Gasteiger partial charge in [0.05, 0.1) is 11.4 Å². The Morgan fingerprint density at radius 1 is 0.203 bits per heavy atom. The minimum absolute atomic E-state index is 0.0171.